The number of ketones is 1. The van der Waals surface area contributed by atoms with Gasteiger partial charge in [-0.2, -0.15) is 9.90 Å². The van der Waals surface area contributed by atoms with Gasteiger partial charge in [0.1, 0.15) is 0 Å². The highest BCUT2D eigenvalue weighted by atomic mass is 16.1. The van der Waals surface area contributed by atoms with Gasteiger partial charge in [-0.15, -0.1) is 5.10 Å². The molecule has 0 N–H and O–H groups in total. The topological polar surface area (TPSA) is 65.6 Å². The van der Waals surface area contributed by atoms with Gasteiger partial charge >= 0.3 is 0 Å². The SMILES string of the molecule is CCCn1ccnc1C(=O)c1cnn(-c2ccccc2)n1. The van der Waals surface area contributed by atoms with Crippen LogP contribution >= 0.6 is 0 Å². The lowest BCUT2D eigenvalue weighted by Gasteiger charge is -2.03. The maximum absolute atomic E-state index is 12.4. The number of aryl methyl sites for hydroxylation is 1. The summed E-state index contributed by atoms with van der Waals surface area (Å²) in [5.74, 6) is 0.188. The number of hydrogen-bond donors (Lipinski definition) is 0. The molecule has 3 aromatic rings. The zero-order valence-electron chi connectivity index (χ0n) is 11.7. The highest BCUT2D eigenvalue weighted by Gasteiger charge is 2.18. The standard InChI is InChI=1S/C15H15N5O/c1-2-9-19-10-8-16-15(19)14(21)13-11-17-20(18-13)12-6-4-3-5-7-12/h3-8,10-11H,2,9H2,1H3. The first kappa shape index (κ1) is 13.2. The van der Waals surface area contributed by atoms with Gasteiger partial charge in [-0.3, -0.25) is 4.79 Å². The Morgan fingerprint density at radius 3 is 2.81 bits per heavy atom. The van der Waals surface area contributed by atoms with Crippen LogP contribution in [0.5, 0.6) is 0 Å². The van der Waals surface area contributed by atoms with Crippen LogP contribution in [-0.2, 0) is 6.54 Å². The number of carbonyl (C=O) groups excluding carboxylic acids is 1. The van der Waals surface area contributed by atoms with E-state index in [1.807, 2.05) is 34.9 Å². The number of nitrogens with zero attached hydrogens (tertiary/aromatic N) is 5. The van der Waals surface area contributed by atoms with E-state index in [2.05, 4.69) is 22.1 Å². The summed E-state index contributed by atoms with van der Waals surface area (Å²) in [4.78, 5) is 18.0. The van der Waals surface area contributed by atoms with Crippen molar-refractivity contribution in [3.05, 3.63) is 60.4 Å². The molecule has 106 valence electrons. The van der Waals surface area contributed by atoms with Crippen LogP contribution in [0.3, 0.4) is 0 Å². The minimum absolute atomic E-state index is 0.212. The molecule has 0 amide bonds. The molecule has 6 nitrogen and oxygen atoms in total. The Kier molecular flexibility index (Phi) is 3.59. The summed E-state index contributed by atoms with van der Waals surface area (Å²) in [6.07, 6.45) is 5.84. The Balaban J connectivity index is 1.89. The van der Waals surface area contributed by atoms with Crippen LogP contribution in [0.2, 0.25) is 0 Å². The van der Waals surface area contributed by atoms with Crippen LogP contribution in [-0.4, -0.2) is 30.3 Å². The van der Waals surface area contributed by atoms with Crippen LogP contribution in [0, 0.1) is 0 Å². The predicted molar refractivity (Wildman–Crippen MR) is 77.3 cm³/mol. The van der Waals surface area contributed by atoms with Crippen molar-refractivity contribution in [3.8, 4) is 5.69 Å². The fraction of sp³-hybridized carbons (Fsp3) is 0.200. The molecule has 0 saturated carbocycles. The minimum Gasteiger partial charge on any atom is -0.328 e. The lowest BCUT2D eigenvalue weighted by atomic mass is 10.3. The zero-order valence-corrected chi connectivity index (χ0v) is 11.7. The number of carbonyl (C=O) groups is 1. The van der Waals surface area contributed by atoms with Crippen LogP contribution in [0.15, 0.2) is 48.9 Å². The molecule has 1 aromatic carbocycles. The summed E-state index contributed by atoms with van der Waals surface area (Å²) in [6.45, 7) is 2.81. The third kappa shape index (κ3) is 2.60. The van der Waals surface area contributed by atoms with Gasteiger partial charge in [-0.05, 0) is 18.6 Å². The summed E-state index contributed by atoms with van der Waals surface area (Å²) in [5, 5.41) is 8.38. The van der Waals surface area contributed by atoms with Gasteiger partial charge in [0.15, 0.2) is 11.5 Å². The van der Waals surface area contributed by atoms with Gasteiger partial charge in [0, 0.05) is 18.9 Å². The third-order valence-corrected chi connectivity index (χ3v) is 3.09. The van der Waals surface area contributed by atoms with Gasteiger partial charge in [0.05, 0.1) is 11.9 Å². The van der Waals surface area contributed by atoms with Gasteiger partial charge < -0.3 is 4.57 Å². The largest absolute Gasteiger partial charge is 0.328 e. The lowest BCUT2D eigenvalue weighted by molar-refractivity contribution is 0.102. The predicted octanol–water partition coefficient (Wildman–Crippen LogP) is 2.10. The number of hydrogen-bond acceptors (Lipinski definition) is 4. The zero-order chi connectivity index (χ0) is 14.7. The number of para-hydroxylation sites is 1. The molecule has 0 aliphatic rings. The van der Waals surface area contributed by atoms with E-state index in [-0.39, 0.29) is 5.78 Å². The van der Waals surface area contributed by atoms with Crippen molar-refractivity contribution in [2.45, 2.75) is 19.9 Å². The second kappa shape index (κ2) is 5.70. The Morgan fingerprint density at radius 2 is 2.05 bits per heavy atom. The van der Waals surface area contributed by atoms with Gasteiger partial charge in [-0.25, -0.2) is 4.98 Å². The minimum atomic E-state index is -0.212. The van der Waals surface area contributed by atoms with E-state index >= 15 is 0 Å². The van der Waals surface area contributed by atoms with Gasteiger partial charge in [-0.1, -0.05) is 25.1 Å². The molecule has 6 heteroatoms. The van der Waals surface area contributed by atoms with Crippen LogP contribution in [0.4, 0.5) is 0 Å². The molecular formula is C15H15N5O. The fourth-order valence-electron chi connectivity index (χ4n) is 2.11. The average molecular weight is 281 g/mol. The van der Waals surface area contributed by atoms with E-state index in [0.717, 1.165) is 18.7 Å². The summed E-state index contributed by atoms with van der Waals surface area (Å²) >= 11 is 0. The highest BCUT2D eigenvalue weighted by molar-refractivity contribution is 6.05. The Labute approximate surface area is 122 Å². The second-order valence-corrected chi connectivity index (χ2v) is 4.63. The van der Waals surface area contributed by atoms with E-state index in [1.54, 1.807) is 12.4 Å². The van der Waals surface area contributed by atoms with Crippen LogP contribution < -0.4 is 0 Å². The van der Waals surface area contributed by atoms with E-state index in [9.17, 15) is 4.79 Å². The van der Waals surface area contributed by atoms with Gasteiger partial charge in [0.25, 0.3) is 0 Å². The van der Waals surface area contributed by atoms with Crippen molar-refractivity contribution in [3.63, 3.8) is 0 Å². The number of rotatable bonds is 5. The van der Waals surface area contributed by atoms with Crippen LogP contribution in [0.1, 0.15) is 29.7 Å². The van der Waals surface area contributed by atoms with Crippen molar-refractivity contribution in [1.82, 2.24) is 24.5 Å². The molecule has 21 heavy (non-hydrogen) atoms. The maximum Gasteiger partial charge on any atom is 0.250 e. The maximum atomic E-state index is 12.4. The molecule has 0 aliphatic carbocycles. The van der Waals surface area contributed by atoms with Crippen molar-refractivity contribution >= 4 is 5.78 Å². The quantitative estimate of drug-likeness (QED) is 0.672. The molecule has 0 spiro atoms. The van der Waals surface area contributed by atoms with E-state index < -0.39 is 0 Å². The molecule has 0 radical (unpaired) electrons. The molecule has 3 rings (SSSR count). The van der Waals surface area contributed by atoms with Crippen molar-refractivity contribution in [2.75, 3.05) is 0 Å². The Morgan fingerprint density at radius 1 is 1.24 bits per heavy atom. The number of aromatic nitrogens is 5. The first-order valence-electron chi connectivity index (χ1n) is 6.83. The van der Waals surface area contributed by atoms with Gasteiger partial charge in [0.2, 0.25) is 5.78 Å². The molecule has 0 bridgehead atoms. The normalized spacial score (nSPS) is 10.7. The summed E-state index contributed by atoms with van der Waals surface area (Å²) in [7, 11) is 0. The van der Waals surface area contributed by atoms with Crippen LogP contribution in [0.25, 0.3) is 5.69 Å². The van der Waals surface area contributed by atoms with E-state index in [0.29, 0.717) is 11.5 Å². The summed E-state index contributed by atoms with van der Waals surface area (Å²) in [5.41, 5.74) is 1.11. The monoisotopic (exact) mass is 281 g/mol. The molecule has 0 fully saturated rings. The lowest BCUT2D eigenvalue weighted by Crippen LogP contribution is -2.12. The van der Waals surface area contributed by atoms with E-state index in [4.69, 9.17) is 0 Å². The Hall–Kier alpha value is -2.76. The molecule has 0 aliphatic heterocycles. The molecule has 0 atom stereocenters. The summed E-state index contributed by atoms with van der Waals surface area (Å²) in [6, 6.07) is 9.47. The molecular weight excluding hydrogens is 266 g/mol. The molecule has 0 unspecified atom stereocenters. The molecule has 2 heterocycles. The first-order valence-corrected chi connectivity index (χ1v) is 6.83. The number of benzene rings is 1. The van der Waals surface area contributed by atoms with Crippen molar-refractivity contribution in [1.29, 1.82) is 0 Å². The van der Waals surface area contributed by atoms with Crippen molar-refractivity contribution in [2.24, 2.45) is 0 Å². The summed E-state index contributed by atoms with van der Waals surface area (Å²) < 4.78 is 1.84. The molecule has 2 aromatic heterocycles. The number of imidazole rings is 1. The Bertz CT molecular complexity index is 744. The second-order valence-electron chi connectivity index (χ2n) is 4.63. The van der Waals surface area contributed by atoms with Crippen molar-refractivity contribution < 1.29 is 4.79 Å². The highest BCUT2D eigenvalue weighted by Crippen LogP contribution is 2.09. The fourth-order valence-corrected chi connectivity index (χ4v) is 2.11. The smallest absolute Gasteiger partial charge is 0.250 e. The third-order valence-electron chi connectivity index (χ3n) is 3.09. The molecule has 0 saturated heterocycles. The van der Waals surface area contributed by atoms with E-state index in [1.165, 1.54) is 11.0 Å². The average Bonchev–Trinajstić information content (AvgIpc) is 3.17. The first-order chi connectivity index (χ1) is 10.3.